The van der Waals surface area contributed by atoms with Crippen molar-refractivity contribution in [2.45, 2.75) is 13.8 Å². The van der Waals surface area contributed by atoms with Gasteiger partial charge in [-0.05, 0) is 0 Å². The Hall–Kier alpha value is -1.71. The second-order valence-corrected chi connectivity index (χ2v) is 2.86. The number of benzene rings is 1. The van der Waals surface area contributed by atoms with Crippen molar-refractivity contribution in [2.24, 2.45) is 0 Å². The molecule has 0 amide bonds. The van der Waals surface area contributed by atoms with Gasteiger partial charge in [0, 0.05) is 18.6 Å². The van der Waals surface area contributed by atoms with Crippen LogP contribution in [0.1, 0.15) is 24.2 Å². The van der Waals surface area contributed by atoms with Crippen LogP contribution in [0.25, 0.3) is 0 Å². The molecule has 0 saturated heterocycles. The molecule has 1 aliphatic heterocycles. The van der Waals surface area contributed by atoms with E-state index in [9.17, 15) is 9.90 Å². The monoisotopic (exact) mass is 196 g/mol. The Balaban J connectivity index is 0.000000980. The van der Waals surface area contributed by atoms with Crippen LogP contribution in [0.5, 0.6) is 17.2 Å². The van der Waals surface area contributed by atoms with Crippen molar-refractivity contribution in [2.75, 3.05) is 6.61 Å². The lowest BCUT2D eigenvalue weighted by Crippen LogP contribution is -2.15. The summed E-state index contributed by atoms with van der Waals surface area (Å²) in [4.78, 5) is 11.3. The molecular weight excluding hydrogens is 184 g/mol. The first-order valence-electron chi connectivity index (χ1n) is 3.90. The molecular formula is C10H12O4. The van der Waals surface area contributed by atoms with E-state index in [2.05, 4.69) is 0 Å². The fourth-order valence-corrected chi connectivity index (χ4v) is 1.36. The number of hydrogen-bond acceptors (Lipinski definition) is 4. The van der Waals surface area contributed by atoms with Gasteiger partial charge in [-0.3, -0.25) is 4.79 Å². The standard InChI is InChI=1S/C9H8O4.CH4/c10-5-3-7(12)9-6(11)1-2-13-8(9)4-5;/h3-4,10,12H,1-2H2;1H4. The molecule has 0 atom stereocenters. The van der Waals surface area contributed by atoms with Gasteiger partial charge in [-0.1, -0.05) is 7.43 Å². The normalized spacial score (nSPS) is 13.9. The molecule has 0 radical (unpaired) electrons. The minimum atomic E-state index is -0.222. The molecule has 0 fully saturated rings. The molecule has 76 valence electrons. The van der Waals surface area contributed by atoms with E-state index in [1.165, 1.54) is 6.07 Å². The van der Waals surface area contributed by atoms with E-state index in [1.807, 2.05) is 0 Å². The summed E-state index contributed by atoms with van der Waals surface area (Å²) in [7, 11) is 0. The highest BCUT2D eigenvalue weighted by atomic mass is 16.5. The summed E-state index contributed by atoms with van der Waals surface area (Å²) < 4.78 is 5.11. The Morgan fingerprint density at radius 1 is 1.29 bits per heavy atom. The van der Waals surface area contributed by atoms with Crippen molar-refractivity contribution in [3.63, 3.8) is 0 Å². The number of aromatic hydroxyl groups is 2. The quantitative estimate of drug-likeness (QED) is 0.662. The number of hydrogen-bond donors (Lipinski definition) is 2. The van der Waals surface area contributed by atoms with Gasteiger partial charge in [0.2, 0.25) is 0 Å². The Kier molecular flexibility index (Phi) is 2.65. The van der Waals surface area contributed by atoms with Gasteiger partial charge >= 0.3 is 0 Å². The lowest BCUT2D eigenvalue weighted by Gasteiger charge is -2.16. The second kappa shape index (κ2) is 3.57. The average molecular weight is 196 g/mol. The van der Waals surface area contributed by atoms with Crippen molar-refractivity contribution in [1.82, 2.24) is 0 Å². The SMILES string of the molecule is C.O=C1CCOc2cc(O)cc(O)c21. The number of rotatable bonds is 0. The van der Waals surface area contributed by atoms with E-state index in [0.717, 1.165) is 6.07 Å². The van der Waals surface area contributed by atoms with Gasteiger partial charge < -0.3 is 14.9 Å². The summed E-state index contributed by atoms with van der Waals surface area (Å²) in [5, 5.41) is 18.5. The van der Waals surface area contributed by atoms with Gasteiger partial charge in [0.25, 0.3) is 0 Å². The molecule has 4 nitrogen and oxygen atoms in total. The smallest absolute Gasteiger partial charge is 0.173 e. The number of carbonyl (C=O) groups is 1. The molecule has 4 heteroatoms. The second-order valence-electron chi connectivity index (χ2n) is 2.86. The van der Waals surface area contributed by atoms with Crippen LogP contribution >= 0.6 is 0 Å². The van der Waals surface area contributed by atoms with Gasteiger partial charge in [-0.15, -0.1) is 0 Å². The van der Waals surface area contributed by atoms with E-state index >= 15 is 0 Å². The molecule has 14 heavy (non-hydrogen) atoms. The van der Waals surface area contributed by atoms with E-state index in [0.29, 0.717) is 6.61 Å². The van der Waals surface area contributed by atoms with Crippen molar-refractivity contribution in [3.8, 4) is 17.2 Å². The lowest BCUT2D eigenvalue weighted by molar-refractivity contribution is 0.0929. The van der Waals surface area contributed by atoms with Crippen molar-refractivity contribution in [1.29, 1.82) is 0 Å². The zero-order chi connectivity index (χ0) is 9.42. The van der Waals surface area contributed by atoms with E-state index in [-0.39, 0.29) is 42.4 Å². The molecule has 0 saturated carbocycles. The molecule has 0 aromatic heterocycles. The van der Waals surface area contributed by atoms with Gasteiger partial charge in [0.15, 0.2) is 5.78 Å². The topological polar surface area (TPSA) is 66.8 Å². The largest absolute Gasteiger partial charge is 0.508 e. The fourth-order valence-electron chi connectivity index (χ4n) is 1.36. The van der Waals surface area contributed by atoms with Crippen molar-refractivity contribution >= 4 is 5.78 Å². The molecule has 0 spiro atoms. The zero-order valence-electron chi connectivity index (χ0n) is 6.78. The van der Waals surface area contributed by atoms with E-state index in [1.54, 1.807) is 0 Å². The van der Waals surface area contributed by atoms with Gasteiger partial charge in [0.1, 0.15) is 22.8 Å². The lowest BCUT2D eigenvalue weighted by atomic mass is 10.0. The number of Topliss-reactive ketones (excluding diaryl/α,β-unsaturated/α-hetero) is 1. The zero-order valence-corrected chi connectivity index (χ0v) is 6.78. The summed E-state index contributed by atoms with van der Waals surface area (Å²) in [6, 6.07) is 2.46. The number of phenolic OH excluding ortho intramolecular Hbond substituents is 2. The van der Waals surface area contributed by atoms with Crippen molar-refractivity contribution in [3.05, 3.63) is 17.7 Å². The van der Waals surface area contributed by atoms with E-state index < -0.39 is 0 Å². The van der Waals surface area contributed by atoms with Crippen LogP contribution in [0.3, 0.4) is 0 Å². The molecule has 1 aliphatic rings. The van der Waals surface area contributed by atoms with Crippen LogP contribution in [0.15, 0.2) is 12.1 Å². The predicted octanol–water partition coefficient (Wildman–Crippen LogP) is 1.70. The molecule has 1 aromatic carbocycles. The first kappa shape index (κ1) is 10.4. The molecule has 2 rings (SSSR count). The Morgan fingerprint density at radius 2 is 2.00 bits per heavy atom. The molecule has 2 N–H and O–H groups in total. The fraction of sp³-hybridized carbons (Fsp3) is 0.300. The average Bonchev–Trinajstić information content (AvgIpc) is 2.02. The summed E-state index contributed by atoms with van der Waals surface area (Å²) in [6.45, 7) is 0.300. The number of ketones is 1. The number of phenols is 2. The van der Waals surface area contributed by atoms with Crippen LogP contribution in [-0.2, 0) is 0 Å². The van der Waals surface area contributed by atoms with Gasteiger partial charge in [0.05, 0.1) is 6.61 Å². The summed E-state index contributed by atoms with van der Waals surface area (Å²) in [5.74, 6) is -0.224. The summed E-state index contributed by atoms with van der Waals surface area (Å²) in [6.07, 6.45) is 0.269. The van der Waals surface area contributed by atoms with Crippen LogP contribution in [0.4, 0.5) is 0 Å². The summed E-state index contributed by atoms with van der Waals surface area (Å²) >= 11 is 0. The maximum Gasteiger partial charge on any atom is 0.173 e. The Bertz CT molecular complexity index is 371. The minimum absolute atomic E-state index is 0. The van der Waals surface area contributed by atoms with Crippen LogP contribution < -0.4 is 4.74 Å². The summed E-state index contributed by atoms with van der Waals surface area (Å²) in [5.41, 5.74) is 0.170. The van der Waals surface area contributed by atoms with Crippen LogP contribution in [0.2, 0.25) is 0 Å². The number of ether oxygens (including phenoxy) is 1. The van der Waals surface area contributed by atoms with Gasteiger partial charge in [-0.25, -0.2) is 0 Å². The van der Waals surface area contributed by atoms with Crippen LogP contribution in [-0.4, -0.2) is 22.6 Å². The maximum absolute atomic E-state index is 11.3. The molecule has 0 unspecified atom stereocenters. The van der Waals surface area contributed by atoms with Crippen LogP contribution in [0, 0.1) is 0 Å². The third-order valence-electron chi connectivity index (χ3n) is 1.93. The Morgan fingerprint density at radius 3 is 2.71 bits per heavy atom. The minimum Gasteiger partial charge on any atom is -0.508 e. The van der Waals surface area contributed by atoms with Gasteiger partial charge in [-0.2, -0.15) is 0 Å². The first-order chi connectivity index (χ1) is 6.18. The third kappa shape index (κ3) is 1.51. The highest BCUT2D eigenvalue weighted by Crippen LogP contribution is 2.35. The molecule has 0 aliphatic carbocycles. The highest BCUT2D eigenvalue weighted by Gasteiger charge is 2.22. The maximum atomic E-state index is 11.3. The molecule has 0 bridgehead atoms. The predicted molar refractivity (Wildman–Crippen MR) is 50.9 cm³/mol. The van der Waals surface area contributed by atoms with E-state index in [4.69, 9.17) is 9.84 Å². The first-order valence-corrected chi connectivity index (χ1v) is 3.90. The van der Waals surface area contributed by atoms with Crippen molar-refractivity contribution < 1.29 is 19.7 Å². The highest BCUT2D eigenvalue weighted by molar-refractivity contribution is 6.02. The Labute approximate surface area is 81.8 Å². The third-order valence-corrected chi connectivity index (χ3v) is 1.93. The number of carbonyl (C=O) groups excluding carboxylic acids is 1. The molecule has 1 aromatic rings. The molecule has 1 heterocycles. The number of fused-ring (bicyclic) bond motifs is 1.